The summed E-state index contributed by atoms with van der Waals surface area (Å²) in [7, 11) is 0. The topological polar surface area (TPSA) is 141 Å². The number of aromatic nitrogens is 1. The molecular formula is C28H29N5O6. The molecule has 1 saturated heterocycles. The van der Waals surface area contributed by atoms with Gasteiger partial charge in [0.05, 0.1) is 12.5 Å². The first-order valence-corrected chi connectivity index (χ1v) is 12.3. The Bertz CT molecular complexity index is 1360. The molecular weight excluding hydrogens is 502 g/mol. The number of aliphatic carboxylic acids is 1. The van der Waals surface area contributed by atoms with Crippen molar-refractivity contribution in [3.63, 3.8) is 0 Å². The molecule has 2 aromatic carbocycles. The fourth-order valence-corrected chi connectivity index (χ4v) is 3.85. The normalized spacial score (nSPS) is 15.9. The van der Waals surface area contributed by atoms with E-state index in [0.29, 0.717) is 22.9 Å². The van der Waals surface area contributed by atoms with E-state index in [-0.39, 0.29) is 18.9 Å². The van der Waals surface area contributed by atoms with Gasteiger partial charge in [0, 0.05) is 30.1 Å². The van der Waals surface area contributed by atoms with Gasteiger partial charge in [-0.25, -0.2) is 19.5 Å². The fourth-order valence-electron chi connectivity index (χ4n) is 3.85. The molecule has 3 aromatic rings. The summed E-state index contributed by atoms with van der Waals surface area (Å²) in [6, 6.07) is 16.4. The van der Waals surface area contributed by atoms with Gasteiger partial charge in [0.2, 0.25) is 5.88 Å². The van der Waals surface area contributed by atoms with Crippen LogP contribution in [0.2, 0.25) is 0 Å². The van der Waals surface area contributed by atoms with Gasteiger partial charge in [-0.05, 0) is 49.7 Å². The minimum atomic E-state index is -1.10. The summed E-state index contributed by atoms with van der Waals surface area (Å²) in [6.07, 6.45) is 0.551. The Morgan fingerprint density at radius 1 is 1.08 bits per heavy atom. The van der Waals surface area contributed by atoms with Crippen molar-refractivity contribution in [1.82, 2.24) is 20.1 Å². The second-order valence-corrected chi connectivity index (χ2v) is 9.31. The van der Waals surface area contributed by atoms with Gasteiger partial charge in [0.15, 0.2) is 12.1 Å². The second-order valence-electron chi connectivity index (χ2n) is 9.31. The zero-order valence-corrected chi connectivity index (χ0v) is 21.7. The third-order valence-corrected chi connectivity index (χ3v) is 6.17. The first kappa shape index (κ1) is 27.1. The summed E-state index contributed by atoms with van der Waals surface area (Å²) in [5.41, 5.74) is 2.99. The molecule has 11 nitrogen and oxygen atoms in total. The molecule has 3 N–H and O–H groups in total. The number of ketones is 1. The summed E-state index contributed by atoms with van der Waals surface area (Å²) in [4.78, 5) is 55.5. The van der Waals surface area contributed by atoms with Crippen LogP contribution in [0.4, 0.5) is 15.3 Å². The largest absolute Gasteiger partial charge is 0.481 e. The van der Waals surface area contributed by atoms with E-state index in [9.17, 15) is 24.3 Å². The average Bonchev–Trinajstić information content (AvgIpc) is 2.91. The highest BCUT2D eigenvalue weighted by molar-refractivity contribution is 5.97. The van der Waals surface area contributed by atoms with Crippen molar-refractivity contribution in [2.75, 3.05) is 11.9 Å². The lowest BCUT2D eigenvalue weighted by Gasteiger charge is -2.41. The third kappa shape index (κ3) is 6.69. The van der Waals surface area contributed by atoms with Crippen LogP contribution < -0.4 is 15.4 Å². The maximum atomic E-state index is 13.4. The lowest BCUT2D eigenvalue weighted by atomic mass is 10.1. The number of carbonyl (C=O) groups excluding carboxylic acids is 3. The van der Waals surface area contributed by atoms with E-state index in [1.165, 1.54) is 24.9 Å². The van der Waals surface area contributed by atoms with Gasteiger partial charge in [-0.3, -0.25) is 19.8 Å². The summed E-state index contributed by atoms with van der Waals surface area (Å²) in [5.74, 6) is -1.29. The van der Waals surface area contributed by atoms with Gasteiger partial charge < -0.3 is 15.2 Å². The summed E-state index contributed by atoms with van der Waals surface area (Å²) in [6.45, 7) is 4.78. The van der Waals surface area contributed by atoms with Gasteiger partial charge in [-0.15, -0.1) is 0 Å². The molecule has 2 atom stereocenters. The molecule has 39 heavy (non-hydrogen) atoms. The Kier molecular flexibility index (Phi) is 8.09. The van der Waals surface area contributed by atoms with Crippen LogP contribution in [0.25, 0.3) is 0 Å². The average molecular weight is 532 g/mol. The van der Waals surface area contributed by atoms with Crippen LogP contribution in [0.1, 0.15) is 35.3 Å². The highest BCUT2D eigenvalue weighted by atomic mass is 16.5. The van der Waals surface area contributed by atoms with Crippen molar-refractivity contribution in [3.05, 3.63) is 83.6 Å². The van der Waals surface area contributed by atoms with Crippen molar-refractivity contribution < 1.29 is 29.0 Å². The Morgan fingerprint density at radius 2 is 1.77 bits per heavy atom. The van der Waals surface area contributed by atoms with Crippen LogP contribution in [-0.4, -0.2) is 56.5 Å². The number of carbonyl (C=O) groups is 4. The smallest absolute Gasteiger partial charge is 0.331 e. The zero-order chi connectivity index (χ0) is 28.1. The molecule has 0 saturated carbocycles. The molecule has 2 heterocycles. The number of imide groups is 1. The number of benzene rings is 2. The van der Waals surface area contributed by atoms with Gasteiger partial charge >= 0.3 is 18.0 Å². The predicted octanol–water partition coefficient (Wildman–Crippen LogP) is 4.45. The Morgan fingerprint density at radius 3 is 2.36 bits per heavy atom. The molecule has 202 valence electrons. The number of hydrogen-bond donors (Lipinski definition) is 3. The van der Waals surface area contributed by atoms with E-state index in [1.807, 2.05) is 31.2 Å². The highest BCUT2D eigenvalue weighted by Crippen LogP contribution is 2.24. The van der Waals surface area contributed by atoms with E-state index < -0.39 is 30.2 Å². The number of carboxylic acid groups (broad SMARTS) is 1. The maximum absolute atomic E-state index is 13.4. The van der Waals surface area contributed by atoms with Crippen molar-refractivity contribution in [2.45, 2.75) is 33.6 Å². The molecule has 1 fully saturated rings. The number of pyridine rings is 1. The van der Waals surface area contributed by atoms with Crippen LogP contribution in [0.5, 0.6) is 11.6 Å². The monoisotopic (exact) mass is 531 g/mol. The Hall–Kier alpha value is -4.93. The molecule has 0 spiro atoms. The summed E-state index contributed by atoms with van der Waals surface area (Å²) in [5, 5.41) is 15.2. The first-order chi connectivity index (χ1) is 18.6. The number of nitrogens with zero attached hydrogens (tertiary/aromatic N) is 3. The van der Waals surface area contributed by atoms with Gasteiger partial charge in [0.1, 0.15) is 5.75 Å². The maximum Gasteiger partial charge on any atom is 0.331 e. The minimum Gasteiger partial charge on any atom is -0.481 e. The zero-order valence-electron chi connectivity index (χ0n) is 21.7. The Balaban J connectivity index is 1.50. The number of Topliss-reactive ketones (excluding diaryl/α,β-unsaturated/α-hetero) is 1. The molecule has 0 bridgehead atoms. The SMILES string of the molecule is CC(=O)c1ccc(Oc2ccc(NC3NC(=O)N(C[C@H](C)C(=O)O)C(=O)N3Cc3ccc(C)cc3)cc2)nc1. The number of hydrogen-bond acceptors (Lipinski definition) is 7. The number of rotatable bonds is 10. The van der Waals surface area contributed by atoms with Crippen LogP contribution in [0, 0.1) is 12.8 Å². The highest BCUT2D eigenvalue weighted by Gasteiger charge is 2.39. The lowest BCUT2D eigenvalue weighted by Crippen LogP contribution is -2.67. The summed E-state index contributed by atoms with van der Waals surface area (Å²) < 4.78 is 5.73. The molecule has 11 heteroatoms. The van der Waals surface area contributed by atoms with Gasteiger partial charge in [-0.2, -0.15) is 0 Å². The number of anilines is 1. The predicted molar refractivity (Wildman–Crippen MR) is 142 cm³/mol. The fraction of sp³-hybridized carbons (Fsp3) is 0.250. The molecule has 1 unspecified atom stereocenters. The van der Waals surface area contributed by atoms with Crippen LogP contribution in [0.3, 0.4) is 0 Å². The van der Waals surface area contributed by atoms with Gasteiger partial charge in [0.25, 0.3) is 0 Å². The first-order valence-electron chi connectivity index (χ1n) is 12.3. The molecule has 1 aliphatic heterocycles. The number of ether oxygens (including phenoxy) is 1. The van der Waals surface area contributed by atoms with Gasteiger partial charge in [-0.1, -0.05) is 36.8 Å². The van der Waals surface area contributed by atoms with Crippen molar-refractivity contribution >= 4 is 29.5 Å². The molecule has 4 rings (SSSR count). The van der Waals surface area contributed by atoms with Crippen molar-refractivity contribution in [1.29, 1.82) is 0 Å². The van der Waals surface area contributed by atoms with Crippen LogP contribution in [-0.2, 0) is 11.3 Å². The number of aryl methyl sites for hydroxylation is 1. The van der Waals surface area contributed by atoms with E-state index in [2.05, 4.69) is 15.6 Å². The standard InChI is InChI=1S/C28H29N5O6/c1-17-4-6-20(7-5-17)16-32-26(31-27(37)33(28(32)38)15-18(2)25(35)36)30-22-9-11-23(12-10-22)39-24-13-8-21(14-29-24)19(3)34/h4-14,18,26,30H,15-16H2,1-3H3,(H,31,37)(H,35,36)/t18-,26?/m0/s1. The van der Waals surface area contributed by atoms with E-state index >= 15 is 0 Å². The second kappa shape index (κ2) is 11.6. The Labute approximate surface area is 225 Å². The molecule has 0 radical (unpaired) electrons. The third-order valence-electron chi connectivity index (χ3n) is 6.17. The number of amides is 4. The number of urea groups is 2. The summed E-state index contributed by atoms with van der Waals surface area (Å²) >= 11 is 0. The minimum absolute atomic E-state index is 0.0892. The van der Waals surface area contributed by atoms with E-state index in [4.69, 9.17) is 4.74 Å². The van der Waals surface area contributed by atoms with E-state index in [1.54, 1.807) is 36.4 Å². The molecule has 4 amide bonds. The lowest BCUT2D eigenvalue weighted by molar-refractivity contribution is -0.141. The van der Waals surface area contributed by atoms with E-state index in [0.717, 1.165) is 16.0 Å². The molecule has 0 aliphatic carbocycles. The van der Waals surface area contributed by atoms with Crippen LogP contribution in [0.15, 0.2) is 66.9 Å². The quantitative estimate of drug-likeness (QED) is 0.326. The molecule has 1 aromatic heterocycles. The number of nitrogens with one attached hydrogen (secondary N) is 2. The van der Waals surface area contributed by atoms with Crippen molar-refractivity contribution in [3.8, 4) is 11.6 Å². The van der Waals surface area contributed by atoms with Crippen LogP contribution >= 0.6 is 0 Å². The molecule has 1 aliphatic rings. The van der Waals surface area contributed by atoms with Crippen molar-refractivity contribution in [2.24, 2.45) is 5.92 Å². The number of carboxylic acids is 1.